The fraction of sp³-hybridized carbons (Fsp3) is 0.455. The molecule has 0 aliphatic rings. The van der Waals surface area contributed by atoms with Crippen LogP contribution in [0.25, 0.3) is 0 Å². The molecule has 0 aliphatic carbocycles. The number of methoxy groups -OCH3 is 1. The van der Waals surface area contributed by atoms with Gasteiger partial charge in [0.15, 0.2) is 0 Å². The van der Waals surface area contributed by atoms with Crippen molar-refractivity contribution in [1.29, 1.82) is 5.26 Å². The molecule has 0 spiro atoms. The van der Waals surface area contributed by atoms with Crippen LogP contribution in [0.1, 0.15) is 6.92 Å². The number of anilines is 1. The van der Waals surface area contributed by atoms with Crippen LogP contribution in [0.5, 0.6) is 5.88 Å². The summed E-state index contributed by atoms with van der Waals surface area (Å²) in [6.07, 6.45) is 1.70. The average molecular weight is 205 g/mol. The van der Waals surface area contributed by atoms with E-state index in [9.17, 15) is 0 Å². The molecule has 1 rings (SSSR count). The second kappa shape index (κ2) is 5.20. The van der Waals surface area contributed by atoms with Gasteiger partial charge in [0.1, 0.15) is 0 Å². The summed E-state index contributed by atoms with van der Waals surface area (Å²) in [6.45, 7) is 2.60. The van der Waals surface area contributed by atoms with Gasteiger partial charge in [0.05, 0.1) is 19.1 Å². The molecule has 0 aromatic carbocycles. The van der Waals surface area contributed by atoms with Gasteiger partial charge in [0, 0.05) is 31.5 Å². The zero-order valence-electron chi connectivity index (χ0n) is 9.27. The molecular formula is C11H15N3O. The van der Waals surface area contributed by atoms with Crippen LogP contribution >= 0.6 is 0 Å². The minimum absolute atomic E-state index is 0.00848. The first-order valence-corrected chi connectivity index (χ1v) is 4.78. The number of aromatic nitrogens is 1. The predicted octanol–water partition coefficient (Wildman–Crippen LogP) is 1.69. The molecule has 4 heteroatoms. The van der Waals surface area contributed by atoms with Gasteiger partial charge in [0.25, 0.3) is 0 Å². The fourth-order valence-corrected chi connectivity index (χ4v) is 1.31. The Morgan fingerprint density at radius 1 is 1.67 bits per heavy atom. The molecular weight excluding hydrogens is 190 g/mol. The van der Waals surface area contributed by atoms with E-state index in [0.29, 0.717) is 12.4 Å². The molecule has 4 nitrogen and oxygen atoms in total. The summed E-state index contributed by atoms with van der Waals surface area (Å²) >= 11 is 0. The van der Waals surface area contributed by atoms with Gasteiger partial charge in [-0.1, -0.05) is 0 Å². The van der Waals surface area contributed by atoms with Gasteiger partial charge < -0.3 is 9.64 Å². The van der Waals surface area contributed by atoms with E-state index in [2.05, 4.69) is 11.1 Å². The monoisotopic (exact) mass is 205 g/mol. The molecule has 0 bridgehead atoms. The molecule has 0 fully saturated rings. The second-order valence-corrected chi connectivity index (χ2v) is 3.47. The van der Waals surface area contributed by atoms with Gasteiger partial charge in [-0.05, 0) is 13.0 Å². The Balaban J connectivity index is 2.73. The van der Waals surface area contributed by atoms with E-state index in [1.54, 1.807) is 13.3 Å². The highest BCUT2D eigenvalue weighted by Crippen LogP contribution is 2.17. The summed E-state index contributed by atoms with van der Waals surface area (Å²) in [4.78, 5) is 6.04. The lowest BCUT2D eigenvalue weighted by Gasteiger charge is -2.20. The van der Waals surface area contributed by atoms with Crippen LogP contribution < -0.4 is 9.64 Å². The van der Waals surface area contributed by atoms with Crippen molar-refractivity contribution < 1.29 is 4.74 Å². The Labute approximate surface area is 90.1 Å². The number of pyridine rings is 1. The van der Waals surface area contributed by atoms with Crippen molar-refractivity contribution in [3.05, 3.63) is 18.3 Å². The van der Waals surface area contributed by atoms with Crippen molar-refractivity contribution in [2.75, 3.05) is 25.6 Å². The smallest absolute Gasteiger partial charge is 0.214 e. The van der Waals surface area contributed by atoms with Crippen molar-refractivity contribution in [3.63, 3.8) is 0 Å². The van der Waals surface area contributed by atoms with Gasteiger partial charge >= 0.3 is 0 Å². The van der Waals surface area contributed by atoms with Crippen molar-refractivity contribution in [3.8, 4) is 11.9 Å². The first-order chi connectivity index (χ1) is 7.17. The van der Waals surface area contributed by atoms with E-state index in [4.69, 9.17) is 10.00 Å². The SMILES string of the molecule is COc1cc(N(C)CC(C)C#N)ccn1. The first-order valence-electron chi connectivity index (χ1n) is 4.78. The Bertz CT molecular complexity index is 359. The molecule has 15 heavy (non-hydrogen) atoms. The van der Waals surface area contributed by atoms with Crippen LogP contribution in [-0.4, -0.2) is 25.7 Å². The average Bonchev–Trinajstić information content (AvgIpc) is 2.28. The molecule has 80 valence electrons. The largest absolute Gasteiger partial charge is 0.481 e. The molecule has 0 amide bonds. The van der Waals surface area contributed by atoms with E-state index in [-0.39, 0.29) is 5.92 Å². The number of nitrogens with zero attached hydrogens (tertiary/aromatic N) is 3. The first kappa shape index (κ1) is 11.3. The maximum atomic E-state index is 8.72. The molecule has 1 unspecified atom stereocenters. The maximum Gasteiger partial charge on any atom is 0.214 e. The molecule has 1 heterocycles. The number of nitriles is 1. The van der Waals surface area contributed by atoms with Crippen LogP contribution in [0, 0.1) is 17.2 Å². The normalized spacial score (nSPS) is 11.6. The van der Waals surface area contributed by atoms with Gasteiger partial charge in [-0.25, -0.2) is 4.98 Å². The topological polar surface area (TPSA) is 49.1 Å². The Kier molecular flexibility index (Phi) is 3.92. The van der Waals surface area contributed by atoms with Gasteiger partial charge in [0.2, 0.25) is 5.88 Å². The highest BCUT2D eigenvalue weighted by Gasteiger charge is 2.07. The minimum atomic E-state index is 0.00848. The third-order valence-corrected chi connectivity index (χ3v) is 2.14. The number of hydrogen-bond acceptors (Lipinski definition) is 4. The van der Waals surface area contributed by atoms with Gasteiger partial charge in [-0.3, -0.25) is 0 Å². The standard InChI is InChI=1S/C11H15N3O/c1-9(7-12)8-14(2)10-4-5-13-11(6-10)15-3/h4-6,9H,8H2,1-3H3. The number of rotatable bonds is 4. The Hall–Kier alpha value is -1.76. The van der Waals surface area contributed by atoms with Crippen molar-refractivity contribution >= 4 is 5.69 Å². The quantitative estimate of drug-likeness (QED) is 0.750. The Morgan fingerprint density at radius 2 is 2.40 bits per heavy atom. The van der Waals surface area contributed by atoms with Crippen LogP contribution in [-0.2, 0) is 0 Å². The summed E-state index contributed by atoms with van der Waals surface area (Å²) in [5.41, 5.74) is 1.00. The van der Waals surface area contributed by atoms with E-state index in [1.165, 1.54) is 0 Å². The zero-order chi connectivity index (χ0) is 11.3. The number of hydrogen-bond donors (Lipinski definition) is 0. The third-order valence-electron chi connectivity index (χ3n) is 2.14. The molecule has 1 aromatic heterocycles. The van der Waals surface area contributed by atoms with E-state index in [0.717, 1.165) is 5.69 Å². The summed E-state index contributed by atoms with van der Waals surface area (Å²) in [5.74, 6) is 0.595. The predicted molar refractivity (Wildman–Crippen MR) is 58.8 cm³/mol. The number of ether oxygens (including phenoxy) is 1. The van der Waals surface area contributed by atoms with E-state index < -0.39 is 0 Å². The van der Waals surface area contributed by atoms with E-state index in [1.807, 2.05) is 31.0 Å². The second-order valence-electron chi connectivity index (χ2n) is 3.47. The lowest BCUT2D eigenvalue weighted by molar-refractivity contribution is 0.398. The van der Waals surface area contributed by atoms with Crippen molar-refractivity contribution in [2.24, 2.45) is 5.92 Å². The lowest BCUT2D eigenvalue weighted by Crippen LogP contribution is -2.23. The summed E-state index contributed by atoms with van der Waals surface area (Å²) in [6, 6.07) is 5.95. The summed E-state index contributed by atoms with van der Waals surface area (Å²) < 4.78 is 5.03. The molecule has 0 saturated heterocycles. The molecule has 1 atom stereocenters. The molecule has 0 radical (unpaired) electrons. The molecule has 0 aliphatic heterocycles. The highest BCUT2D eigenvalue weighted by molar-refractivity contribution is 5.47. The zero-order valence-corrected chi connectivity index (χ0v) is 9.27. The summed E-state index contributed by atoms with van der Waals surface area (Å²) in [5, 5.41) is 8.72. The van der Waals surface area contributed by atoms with Crippen LogP contribution in [0.2, 0.25) is 0 Å². The van der Waals surface area contributed by atoms with Crippen LogP contribution in [0.4, 0.5) is 5.69 Å². The van der Waals surface area contributed by atoms with Gasteiger partial charge in [-0.15, -0.1) is 0 Å². The van der Waals surface area contributed by atoms with Crippen molar-refractivity contribution in [1.82, 2.24) is 4.98 Å². The fourth-order valence-electron chi connectivity index (χ4n) is 1.31. The third kappa shape index (κ3) is 3.13. The van der Waals surface area contributed by atoms with E-state index >= 15 is 0 Å². The van der Waals surface area contributed by atoms with Gasteiger partial charge in [-0.2, -0.15) is 5.26 Å². The Morgan fingerprint density at radius 3 is 3.00 bits per heavy atom. The van der Waals surface area contributed by atoms with Crippen LogP contribution in [0.3, 0.4) is 0 Å². The van der Waals surface area contributed by atoms with Crippen LogP contribution in [0.15, 0.2) is 18.3 Å². The summed E-state index contributed by atoms with van der Waals surface area (Å²) in [7, 11) is 3.53. The highest BCUT2D eigenvalue weighted by atomic mass is 16.5. The molecule has 0 N–H and O–H groups in total. The molecule has 0 saturated carbocycles. The minimum Gasteiger partial charge on any atom is -0.481 e. The maximum absolute atomic E-state index is 8.72. The van der Waals surface area contributed by atoms with Crippen molar-refractivity contribution in [2.45, 2.75) is 6.92 Å². The molecule has 1 aromatic rings. The lowest BCUT2D eigenvalue weighted by atomic mass is 10.2.